The monoisotopic (exact) mass is 963 g/mol. The van der Waals surface area contributed by atoms with Gasteiger partial charge >= 0.3 is 0 Å². The number of rotatable bonds is 14. The van der Waals surface area contributed by atoms with E-state index < -0.39 is 7.14 Å². The van der Waals surface area contributed by atoms with E-state index in [1.165, 1.54) is 36.2 Å². The molecule has 3 aromatic carbocycles. The first kappa shape index (κ1) is 45.0. The minimum atomic E-state index is -2.77. The maximum Gasteiger partial charge on any atom is 0.249 e. The molecule has 3 saturated heterocycles. The third-order valence-corrected chi connectivity index (χ3v) is 15.7. The van der Waals surface area contributed by atoms with Crippen molar-refractivity contribution in [2.75, 3.05) is 87.1 Å². The molecule has 5 heterocycles. The van der Waals surface area contributed by atoms with Crippen molar-refractivity contribution < 1.29 is 18.9 Å². The number of amides is 2. The zero-order chi connectivity index (χ0) is 45.2. The van der Waals surface area contributed by atoms with E-state index in [0.717, 1.165) is 81.6 Å². The summed E-state index contributed by atoms with van der Waals surface area (Å²) in [5.41, 5.74) is 7.47. The molecule has 2 aromatic heterocycles. The van der Waals surface area contributed by atoms with Gasteiger partial charge in [0, 0.05) is 94.3 Å². The number of nitrogens with zero attached hydrogens (tertiary/aromatic N) is 7. The first-order chi connectivity index (χ1) is 31.4. The second kappa shape index (κ2) is 19.4. The number of piperazine rings is 1. The van der Waals surface area contributed by atoms with E-state index in [1.807, 2.05) is 12.1 Å². The van der Waals surface area contributed by atoms with Crippen LogP contribution in [0.2, 0.25) is 0 Å². The van der Waals surface area contributed by atoms with Crippen molar-refractivity contribution in [1.82, 2.24) is 35.1 Å². The standard InChI is InChI=1S/C48H59BrN11O4P/c1-5-31-26-40(55-48-52-28-36(49)46(57-48)54-38-11-10-37-44(51-17-16-50-37)45(38)65(3,4)63)42(64-2)27-41(31)60-18-14-35(15-19-60)59-22-20-58(21-23-59)29-30-24-33(25-30)32-6-8-34(9-7-32)53-39-12-13-43(61)56-47(39)62/h6-11,16-17,26-28,30,33,35,39,53H,5,12-15,18-25,29H2,1-4H3,(H,56,61,62)(H2,52,54,55,57). The smallest absolute Gasteiger partial charge is 0.249 e. The van der Waals surface area contributed by atoms with Gasteiger partial charge in [-0.2, -0.15) is 4.98 Å². The second-order valence-corrected chi connectivity index (χ2v) is 22.3. The summed E-state index contributed by atoms with van der Waals surface area (Å²) < 4.78 is 20.2. The maximum absolute atomic E-state index is 13.5. The molecule has 1 unspecified atom stereocenters. The van der Waals surface area contributed by atoms with E-state index in [9.17, 15) is 14.2 Å². The Balaban J connectivity index is 0.760. The van der Waals surface area contributed by atoms with Gasteiger partial charge < -0.3 is 35.1 Å². The number of ether oxygens (including phenoxy) is 1. The first-order valence-electron chi connectivity index (χ1n) is 22.9. The molecule has 0 bridgehead atoms. The van der Waals surface area contributed by atoms with Crippen LogP contribution in [0.25, 0.3) is 11.0 Å². The third kappa shape index (κ3) is 10.2. The first-order valence-corrected chi connectivity index (χ1v) is 26.3. The maximum atomic E-state index is 13.5. The number of carbonyl (C=O) groups is 2. The highest BCUT2D eigenvalue weighted by Crippen LogP contribution is 2.44. The highest BCUT2D eigenvalue weighted by atomic mass is 79.9. The number of fused-ring (bicyclic) bond motifs is 1. The largest absolute Gasteiger partial charge is 0.494 e. The van der Waals surface area contributed by atoms with Crippen LogP contribution in [-0.4, -0.2) is 120 Å². The topological polar surface area (TPSA) is 170 Å². The minimum absolute atomic E-state index is 0.193. The number of anilines is 6. The van der Waals surface area contributed by atoms with Crippen molar-refractivity contribution >= 4 is 85.7 Å². The number of hydrogen-bond donors (Lipinski definition) is 4. The molecule has 4 N–H and O–H groups in total. The molecule has 1 saturated carbocycles. The normalized spacial score (nSPS) is 21.2. The Morgan fingerprint density at radius 3 is 2.35 bits per heavy atom. The summed E-state index contributed by atoms with van der Waals surface area (Å²) in [5.74, 6) is 2.54. The Labute approximate surface area is 389 Å². The molecule has 65 heavy (non-hydrogen) atoms. The fraction of sp³-hybridized carbons (Fsp3) is 0.458. The summed E-state index contributed by atoms with van der Waals surface area (Å²) in [6, 6.07) is 16.8. The molecule has 0 spiro atoms. The molecule has 9 rings (SSSR count). The van der Waals surface area contributed by atoms with Crippen LogP contribution in [-0.2, 0) is 20.6 Å². The number of imide groups is 1. The Hall–Kier alpha value is -5.15. The number of aromatic nitrogens is 4. The molecule has 1 atom stereocenters. The molecule has 2 amide bonds. The predicted octanol–water partition coefficient (Wildman–Crippen LogP) is 7.49. The van der Waals surface area contributed by atoms with Crippen molar-refractivity contribution in [2.45, 2.75) is 69.9 Å². The van der Waals surface area contributed by atoms with Crippen molar-refractivity contribution in [3.63, 3.8) is 0 Å². The van der Waals surface area contributed by atoms with E-state index in [1.54, 1.807) is 39.0 Å². The van der Waals surface area contributed by atoms with Gasteiger partial charge in [-0.25, -0.2) is 4.98 Å². The lowest BCUT2D eigenvalue weighted by Crippen LogP contribution is -2.54. The number of hydrogen-bond acceptors (Lipinski definition) is 14. The van der Waals surface area contributed by atoms with Gasteiger partial charge in [0.1, 0.15) is 30.3 Å². The number of carbonyl (C=O) groups excluding carboxylic acids is 2. The van der Waals surface area contributed by atoms with E-state index in [2.05, 4.69) is 110 Å². The molecule has 1 aliphatic carbocycles. The van der Waals surface area contributed by atoms with Gasteiger partial charge in [0.15, 0.2) is 0 Å². The molecule has 5 aromatic rings. The minimum Gasteiger partial charge on any atom is -0.494 e. The lowest BCUT2D eigenvalue weighted by atomic mass is 9.71. The van der Waals surface area contributed by atoms with Gasteiger partial charge in [0.2, 0.25) is 17.8 Å². The van der Waals surface area contributed by atoms with Crippen molar-refractivity contribution in [3.8, 4) is 5.75 Å². The Bertz CT molecular complexity index is 2590. The molecule has 4 fully saturated rings. The summed E-state index contributed by atoms with van der Waals surface area (Å²) in [7, 11) is -1.07. The summed E-state index contributed by atoms with van der Waals surface area (Å²) in [5, 5.41) is 13.1. The fourth-order valence-corrected chi connectivity index (χ4v) is 11.8. The molecule has 4 aliphatic rings. The van der Waals surface area contributed by atoms with Crippen LogP contribution in [0.3, 0.4) is 0 Å². The lowest BCUT2D eigenvalue weighted by molar-refractivity contribution is -0.133. The van der Waals surface area contributed by atoms with Crippen molar-refractivity contribution in [1.29, 1.82) is 0 Å². The Morgan fingerprint density at radius 2 is 1.65 bits per heavy atom. The molecule has 3 aliphatic heterocycles. The van der Waals surface area contributed by atoms with Crippen LogP contribution in [0.1, 0.15) is 62.5 Å². The average molecular weight is 965 g/mol. The van der Waals surface area contributed by atoms with Gasteiger partial charge in [-0.1, -0.05) is 19.1 Å². The van der Waals surface area contributed by atoms with E-state index >= 15 is 0 Å². The van der Waals surface area contributed by atoms with Crippen LogP contribution in [0.4, 0.5) is 34.5 Å². The predicted molar refractivity (Wildman–Crippen MR) is 262 cm³/mol. The van der Waals surface area contributed by atoms with Gasteiger partial charge in [0.05, 0.1) is 33.8 Å². The van der Waals surface area contributed by atoms with Gasteiger partial charge in [-0.15, -0.1) is 0 Å². The zero-order valence-corrected chi connectivity index (χ0v) is 40.1. The zero-order valence-electron chi connectivity index (χ0n) is 37.6. The number of aryl methyl sites for hydroxylation is 1. The van der Waals surface area contributed by atoms with Gasteiger partial charge in [-0.05, 0) is 121 Å². The quantitative estimate of drug-likeness (QED) is 0.0638. The van der Waals surface area contributed by atoms with E-state index in [4.69, 9.17) is 9.72 Å². The Kier molecular flexibility index (Phi) is 13.4. The summed E-state index contributed by atoms with van der Waals surface area (Å²) in [6.07, 6.45) is 11.4. The SMILES string of the molecule is CCc1cc(Nc2ncc(Br)c(Nc3ccc4nccnc4c3P(C)(C)=O)n2)c(OC)cc1N1CCC(N2CCN(CC3CC(c4ccc(NC5CCC(=O)NC5=O)cc4)C3)CC2)CC1. The Morgan fingerprint density at radius 1 is 0.892 bits per heavy atom. The molecule has 17 heteroatoms. The number of piperidine rings is 2. The van der Waals surface area contributed by atoms with Crippen LogP contribution in [0, 0.1) is 5.92 Å². The summed E-state index contributed by atoms with van der Waals surface area (Å²) in [6.45, 7) is 13.4. The number of methoxy groups -OCH3 is 1. The highest BCUT2D eigenvalue weighted by Gasteiger charge is 2.34. The third-order valence-electron chi connectivity index (χ3n) is 13.6. The number of benzene rings is 3. The molecular formula is C48H59BrN11O4P. The van der Waals surface area contributed by atoms with E-state index in [-0.39, 0.29) is 17.9 Å². The summed E-state index contributed by atoms with van der Waals surface area (Å²) >= 11 is 3.61. The lowest BCUT2D eigenvalue weighted by Gasteiger charge is -2.45. The molecular weight excluding hydrogens is 905 g/mol. The van der Waals surface area contributed by atoms with Crippen molar-refractivity contribution in [2.24, 2.45) is 5.92 Å². The van der Waals surface area contributed by atoms with E-state index in [0.29, 0.717) is 63.1 Å². The summed E-state index contributed by atoms with van der Waals surface area (Å²) in [4.78, 5) is 49.9. The number of nitrogens with one attached hydrogen (secondary N) is 4. The second-order valence-electron chi connectivity index (χ2n) is 18.3. The van der Waals surface area contributed by atoms with Gasteiger partial charge in [-0.3, -0.25) is 29.8 Å². The average Bonchev–Trinajstić information content (AvgIpc) is 3.29. The van der Waals surface area contributed by atoms with Crippen LogP contribution < -0.4 is 36.2 Å². The fourth-order valence-electron chi connectivity index (χ4n) is 10.1. The van der Waals surface area contributed by atoms with Crippen LogP contribution in [0.15, 0.2) is 71.6 Å². The molecule has 15 nitrogen and oxygen atoms in total. The van der Waals surface area contributed by atoms with Crippen LogP contribution >= 0.6 is 23.1 Å². The molecule has 0 radical (unpaired) electrons. The highest BCUT2D eigenvalue weighted by molar-refractivity contribution is 9.10. The van der Waals surface area contributed by atoms with Gasteiger partial charge in [0.25, 0.3) is 0 Å². The number of halogens is 1. The van der Waals surface area contributed by atoms with Crippen LogP contribution in [0.5, 0.6) is 5.75 Å². The molecule has 342 valence electrons. The van der Waals surface area contributed by atoms with Crippen molar-refractivity contribution in [3.05, 3.63) is 82.7 Å².